The summed E-state index contributed by atoms with van der Waals surface area (Å²) in [7, 11) is 0. The molecule has 0 saturated heterocycles. The molecule has 29 heavy (non-hydrogen) atoms. The van der Waals surface area contributed by atoms with Crippen LogP contribution in [0, 0.1) is 6.92 Å². The number of aryl methyl sites for hydroxylation is 3. The van der Waals surface area contributed by atoms with E-state index in [1.807, 2.05) is 17.7 Å². The van der Waals surface area contributed by atoms with Crippen molar-refractivity contribution in [3.8, 4) is 17.3 Å². The zero-order chi connectivity index (χ0) is 20.0. The minimum Gasteiger partial charge on any atom is -0.470 e. The van der Waals surface area contributed by atoms with Crippen LogP contribution >= 0.6 is 0 Å². The first kappa shape index (κ1) is 17.7. The number of hydrogen-bond acceptors (Lipinski definition) is 7. The Labute approximate surface area is 167 Å². The molecule has 9 heteroatoms. The fourth-order valence-electron chi connectivity index (χ4n) is 3.86. The summed E-state index contributed by atoms with van der Waals surface area (Å²) < 4.78 is 10.6. The van der Waals surface area contributed by atoms with Gasteiger partial charge in [0.15, 0.2) is 11.2 Å². The van der Waals surface area contributed by atoms with E-state index in [9.17, 15) is 0 Å². The topological polar surface area (TPSA) is 96.4 Å². The molecule has 1 aliphatic rings. The molecule has 5 rings (SSSR count). The van der Waals surface area contributed by atoms with Crippen LogP contribution < -0.4 is 4.74 Å². The van der Waals surface area contributed by atoms with Gasteiger partial charge in [-0.15, -0.1) is 0 Å². The summed E-state index contributed by atoms with van der Waals surface area (Å²) in [6.07, 6.45) is 8.76. The molecule has 0 bridgehead atoms. The van der Waals surface area contributed by atoms with E-state index < -0.39 is 0 Å². The number of ether oxygens (including phenoxy) is 1. The van der Waals surface area contributed by atoms with E-state index in [0.29, 0.717) is 11.4 Å². The quantitative estimate of drug-likeness (QED) is 0.516. The first-order valence-corrected chi connectivity index (χ1v) is 9.88. The molecule has 0 aromatic carbocycles. The summed E-state index contributed by atoms with van der Waals surface area (Å²) >= 11 is 0. The van der Waals surface area contributed by atoms with Crippen molar-refractivity contribution in [3.63, 3.8) is 0 Å². The fourth-order valence-corrected chi connectivity index (χ4v) is 3.86. The average Bonchev–Trinajstić information content (AvgIpc) is 3.40. The lowest BCUT2D eigenvalue weighted by molar-refractivity contribution is 0.195. The first-order valence-electron chi connectivity index (χ1n) is 9.88. The fraction of sp³-hybridized carbons (Fsp3) is 0.400. The summed E-state index contributed by atoms with van der Waals surface area (Å²) in [6, 6.07) is 0. The van der Waals surface area contributed by atoms with Crippen LogP contribution in [-0.4, -0.2) is 45.1 Å². The van der Waals surface area contributed by atoms with Crippen molar-refractivity contribution in [2.45, 2.75) is 52.8 Å². The van der Waals surface area contributed by atoms with Crippen LogP contribution in [-0.2, 0) is 25.9 Å². The molecular weight excluding hydrogens is 368 g/mol. The van der Waals surface area contributed by atoms with Crippen molar-refractivity contribution in [2.24, 2.45) is 0 Å². The summed E-state index contributed by atoms with van der Waals surface area (Å²) in [5, 5.41) is 0. The zero-order valence-corrected chi connectivity index (χ0v) is 16.7. The third-order valence-electron chi connectivity index (χ3n) is 5.31. The van der Waals surface area contributed by atoms with Gasteiger partial charge < -0.3 is 13.9 Å². The summed E-state index contributed by atoms with van der Waals surface area (Å²) in [5.41, 5.74) is 3.48. The molecule has 0 N–H and O–H groups in total. The van der Waals surface area contributed by atoms with E-state index in [2.05, 4.69) is 43.3 Å². The van der Waals surface area contributed by atoms with Gasteiger partial charge in [0.2, 0.25) is 5.88 Å². The number of imidazole rings is 2. The maximum Gasteiger partial charge on any atom is 0.245 e. The molecule has 9 nitrogen and oxygen atoms in total. The Hall–Kier alpha value is -3.36. The average molecular weight is 390 g/mol. The molecule has 5 heterocycles. The van der Waals surface area contributed by atoms with Gasteiger partial charge in [-0.3, -0.25) is 0 Å². The predicted molar refractivity (Wildman–Crippen MR) is 106 cm³/mol. The summed E-state index contributed by atoms with van der Waals surface area (Å²) in [6.45, 7) is 7.55. The van der Waals surface area contributed by atoms with Gasteiger partial charge in [-0.25, -0.2) is 24.9 Å². The van der Waals surface area contributed by atoms with Crippen LogP contribution in [0.5, 0.6) is 5.88 Å². The van der Waals surface area contributed by atoms with Gasteiger partial charge in [0.1, 0.15) is 29.9 Å². The van der Waals surface area contributed by atoms with Gasteiger partial charge in [0, 0.05) is 37.3 Å². The summed E-state index contributed by atoms with van der Waals surface area (Å²) in [5.74, 6) is 3.06. The molecule has 4 aromatic rings. The SMILES string of the molecule is CCc1cnc2n1C[C@H](Oc1ncnc3c1nc(-c1cnc(C)nc1)n3CC)C2. The van der Waals surface area contributed by atoms with Crippen molar-refractivity contribution in [3.05, 3.63) is 42.3 Å². The maximum absolute atomic E-state index is 6.28. The maximum atomic E-state index is 6.28. The lowest BCUT2D eigenvalue weighted by Crippen LogP contribution is -2.19. The minimum absolute atomic E-state index is 0.0139. The number of nitrogens with zero attached hydrogens (tertiary/aromatic N) is 8. The zero-order valence-electron chi connectivity index (χ0n) is 16.7. The second-order valence-corrected chi connectivity index (χ2v) is 7.12. The second-order valence-electron chi connectivity index (χ2n) is 7.12. The van der Waals surface area contributed by atoms with Crippen molar-refractivity contribution in [1.82, 2.24) is 39.0 Å². The van der Waals surface area contributed by atoms with Crippen molar-refractivity contribution in [1.29, 1.82) is 0 Å². The largest absolute Gasteiger partial charge is 0.470 e. The number of hydrogen-bond donors (Lipinski definition) is 0. The molecular formula is C20H22N8O. The highest BCUT2D eigenvalue weighted by molar-refractivity contribution is 5.81. The normalized spacial score (nSPS) is 15.8. The predicted octanol–water partition coefficient (Wildman–Crippen LogP) is 2.37. The Balaban J connectivity index is 1.50. The van der Waals surface area contributed by atoms with Crippen LogP contribution in [0.4, 0.5) is 0 Å². The van der Waals surface area contributed by atoms with Gasteiger partial charge in [0.25, 0.3) is 0 Å². The smallest absolute Gasteiger partial charge is 0.245 e. The van der Waals surface area contributed by atoms with E-state index in [4.69, 9.17) is 9.72 Å². The number of aromatic nitrogens is 8. The number of rotatable bonds is 5. The van der Waals surface area contributed by atoms with Gasteiger partial charge in [0.05, 0.1) is 12.1 Å². The van der Waals surface area contributed by atoms with Crippen LogP contribution in [0.3, 0.4) is 0 Å². The second kappa shape index (κ2) is 6.91. The monoisotopic (exact) mass is 390 g/mol. The molecule has 0 radical (unpaired) electrons. The lowest BCUT2D eigenvalue weighted by atomic mass is 10.3. The molecule has 0 unspecified atom stereocenters. The van der Waals surface area contributed by atoms with E-state index in [1.165, 1.54) is 12.0 Å². The van der Waals surface area contributed by atoms with E-state index in [1.54, 1.807) is 12.4 Å². The molecule has 148 valence electrons. The molecule has 0 fully saturated rings. The van der Waals surface area contributed by atoms with Crippen molar-refractivity contribution < 1.29 is 4.74 Å². The van der Waals surface area contributed by atoms with Gasteiger partial charge in [-0.2, -0.15) is 4.98 Å². The van der Waals surface area contributed by atoms with Gasteiger partial charge in [-0.1, -0.05) is 6.92 Å². The van der Waals surface area contributed by atoms with E-state index >= 15 is 0 Å². The molecule has 4 aromatic heterocycles. The van der Waals surface area contributed by atoms with Crippen molar-refractivity contribution in [2.75, 3.05) is 0 Å². The number of fused-ring (bicyclic) bond motifs is 2. The lowest BCUT2D eigenvalue weighted by Gasteiger charge is -2.12. The molecule has 1 atom stereocenters. The molecule has 0 spiro atoms. The highest BCUT2D eigenvalue weighted by atomic mass is 16.5. The Morgan fingerprint density at radius 3 is 2.66 bits per heavy atom. The minimum atomic E-state index is -0.0139. The van der Waals surface area contributed by atoms with Gasteiger partial charge in [-0.05, 0) is 20.3 Å². The third-order valence-corrected chi connectivity index (χ3v) is 5.31. The standard InChI is InChI=1S/C20H22N8O/c1-4-14-9-23-16-6-15(10-28(14)16)29-20-17-19(24-11-25-20)27(5-2)18(26-17)13-7-21-12(3)22-8-13/h7-9,11,15H,4-6,10H2,1-3H3/t15-/m1/s1. The van der Waals surface area contributed by atoms with Crippen LogP contribution in [0.2, 0.25) is 0 Å². The Morgan fingerprint density at radius 1 is 1.07 bits per heavy atom. The van der Waals surface area contributed by atoms with Gasteiger partial charge >= 0.3 is 0 Å². The third kappa shape index (κ3) is 2.93. The molecule has 0 saturated carbocycles. The Bertz CT molecular complexity index is 1180. The molecule has 1 aliphatic heterocycles. The van der Waals surface area contributed by atoms with Crippen LogP contribution in [0.1, 0.15) is 31.2 Å². The highest BCUT2D eigenvalue weighted by Gasteiger charge is 2.27. The Morgan fingerprint density at radius 2 is 1.90 bits per heavy atom. The molecule has 0 amide bonds. The van der Waals surface area contributed by atoms with E-state index in [0.717, 1.165) is 54.6 Å². The van der Waals surface area contributed by atoms with Crippen LogP contribution in [0.25, 0.3) is 22.6 Å². The molecule has 0 aliphatic carbocycles. The highest BCUT2D eigenvalue weighted by Crippen LogP contribution is 2.29. The van der Waals surface area contributed by atoms with E-state index in [-0.39, 0.29) is 6.10 Å². The first-order chi connectivity index (χ1) is 14.2. The van der Waals surface area contributed by atoms with Crippen LogP contribution in [0.15, 0.2) is 24.9 Å². The summed E-state index contributed by atoms with van der Waals surface area (Å²) in [4.78, 5) is 26.8. The Kier molecular flexibility index (Phi) is 4.22. The van der Waals surface area contributed by atoms with Crippen molar-refractivity contribution >= 4 is 11.2 Å².